The van der Waals surface area contributed by atoms with Gasteiger partial charge in [0.05, 0.1) is 18.4 Å². The Balaban J connectivity index is 0.00000208. The Morgan fingerprint density at radius 3 is 2.67 bits per heavy atom. The van der Waals surface area contributed by atoms with E-state index in [1.807, 2.05) is 0 Å². The Kier molecular flexibility index (Phi) is 5.34. The van der Waals surface area contributed by atoms with Gasteiger partial charge in [0.1, 0.15) is 11.4 Å². The van der Waals surface area contributed by atoms with Gasteiger partial charge in [-0.2, -0.15) is 4.98 Å². The Morgan fingerprint density at radius 2 is 2.12 bits per heavy atom. The molecule has 0 radical (unpaired) electrons. The van der Waals surface area contributed by atoms with E-state index in [2.05, 4.69) is 15.5 Å². The molecule has 2 saturated heterocycles. The van der Waals surface area contributed by atoms with Crippen molar-refractivity contribution in [2.75, 3.05) is 0 Å². The predicted octanol–water partition coefficient (Wildman–Crippen LogP) is -4.78. The summed E-state index contributed by atoms with van der Waals surface area (Å²) in [4.78, 5) is 40.7. The van der Waals surface area contributed by atoms with Crippen LogP contribution in [0.1, 0.15) is 25.6 Å². The van der Waals surface area contributed by atoms with Crippen LogP contribution in [0, 0.1) is 6.92 Å². The first-order valence-corrected chi connectivity index (χ1v) is 7.88. The fraction of sp³-hybridized carbons (Fsp3) is 0.615. The number of aromatic nitrogens is 2. The van der Waals surface area contributed by atoms with Crippen molar-refractivity contribution >= 4 is 29.5 Å². The van der Waals surface area contributed by atoms with Crippen LogP contribution in [0.2, 0.25) is 0 Å². The van der Waals surface area contributed by atoms with Crippen LogP contribution in [0.15, 0.2) is 4.52 Å². The van der Waals surface area contributed by atoms with Crippen molar-refractivity contribution < 1.29 is 53.6 Å². The quantitative estimate of drug-likeness (QED) is 0.418. The number of fused-ring (bicyclic) bond motifs is 1. The second kappa shape index (κ2) is 6.66. The van der Waals surface area contributed by atoms with Crippen LogP contribution in [0.25, 0.3) is 0 Å². The molecule has 9 nitrogen and oxygen atoms in total. The number of carboxylic acid groups (broad SMARTS) is 1. The minimum atomic E-state index is -1.29. The number of aliphatic carboxylic acids is 1. The van der Waals surface area contributed by atoms with Crippen LogP contribution in [0.3, 0.4) is 0 Å². The summed E-state index contributed by atoms with van der Waals surface area (Å²) in [6, 6.07) is -1.75. The van der Waals surface area contributed by atoms with E-state index in [9.17, 15) is 19.5 Å². The molecule has 2 aliphatic rings. The smallest absolute Gasteiger partial charge is 0.548 e. The van der Waals surface area contributed by atoms with Crippen LogP contribution in [0.4, 0.5) is 0 Å². The van der Waals surface area contributed by atoms with E-state index in [-0.39, 0.29) is 41.8 Å². The number of hydrogen-bond acceptors (Lipinski definition) is 8. The zero-order valence-corrected chi connectivity index (χ0v) is 16.5. The van der Waals surface area contributed by atoms with Gasteiger partial charge in [0, 0.05) is 11.7 Å². The van der Waals surface area contributed by atoms with Gasteiger partial charge in [0.15, 0.2) is 5.82 Å². The average Bonchev–Trinajstić information content (AvgIpc) is 2.95. The van der Waals surface area contributed by atoms with Crippen LogP contribution >= 0.6 is 11.8 Å². The molecule has 124 valence electrons. The number of nitrogens with one attached hydrogen (secondary N) is 1. The minimum absolute atomic E-state index is 0. The second-order valence-corrected chi connectivity index (χ2v) is 7.80. The largest absolute Gasteiger partial charge is 1.00 e. The molecule has 24 heavy (non-hydrogen) atoms. The summed E-state index contributed by atoms with van der Waals surface area (Å²) >= 11 is 1.34. The molecule has 3 atom stereocenters. The normalized spacial score (nSPS) is 27.0. The number of carbonyl (C=O) groups excluding carboxylic acids is 3. The maximum absolute atomic E-state index is 12.2. The van der Waals surface area contributed by atoms with E-state index >= 15 is 0 Å². The van der Waals surface area contributed by atoms with Crippen LogP contribution in [-0.2, 0) is 20.8 Å². The maximum atomic E-state index is 12.2. The fourth-order valence-electron chi connectivity index (χ4n) is 2.91. The number of carboxylic acids is 1. The molecule has 1 aromatic heterocycles. The van der Waals surface area contributed by atoms with Gasteiger partial charge in [-0.05, 0) is 13.8 Å². The van der Waals surface area contributed by atoms with Crippen molar-refractivity contribution in [3.05, 3.63) is 11.7 Å². The first kappa shape index (κ1) is 19.2. The topological polar surface area (TPSA) is 128 Å². The molecule has 2 aliphatic heterocycles. The monoisotopic (exact) mass is 362 g/mol. The van der Waals surface area contributed by atoms with E-state index < -0.39 is 40.0 Å². The Labute approximate surface area is 164 Å². The van der Waals surface area contributed by atoms with Crippen molar-refractivity contribution in [1.82, 2.24) is 20.4 Å². The standard InChI is InChI=1S/C13H16N4O5S.Na/c1-5-14-6(16-22-5)4-7(18)15-8-10(19)17-9(12(20)21)13(2,3)23-11(8)17;/h8-9,11H,4H2,1-3H3,(H,15,18)(H,20,21);/q;+1/p-1/t8-,9+,11-;/m1./s1. The third-order valence-electron chi connectivity index (χ3n) is 3.87. The van der Waals surface area contributed by atoms with Crippen molar-refractivity contribution in [3.8, 4) is 0 Å². The third-order valence-corrected chi connectivity index (χ3v) is 5.44. The number of amides is 2. The van der Waals surface area contributed by atoms with Gasteiger partial charge in [-0.15, -0.1) is 11.8 Å². The second-order valence-electron chi connectivity index (χ2n) is 6.03. The van der Waals surface area contributed by atoms with Crippen molar-refractivity contribution in [2.24, 2.45) is 0 Å². The minimum Gasteiger partial charge on any atom is -0.548 e. The predicted molar refractivity (Wildman–Crippen MR) is 75.8 cm³/mol. The number of hydrogen-bond donors (Lipinski definition) is 1. The van der Waals surface area contributed by atoms with Gasteiger partial charge >= 0.3 is 29.6 Å². The van der Waals surface area contributed by atoms with Gasteiger partial charge < -0.3 is 24.6 Å². The molecule has 0 aromatic carbocycles. The van der Waals surface area contributed by atoms with Gasteiger partial charge in [-0.25, -0.2) is 0 Å². The molecule has 1 N–H and O–H groups in total. The Bertz CT molecular complexity index is 694. The molecule has 2 amide bonds. The van der Waals surface area contributed by atoms with Crippen molar-refractivity contribution in [2.45, 2.75) is 49.4 Å². The number of thioether (sulfide) groups is 1. The average molecular weight is 362 g/mol. The molecule has 1 aromatic rings. The third kappa shape index (κ3) is 3.19. The Hall–Kier alpha value is -1.10. The molecule has 3 heterocycles. The summed E-state index contributed by atoms with van der Waals surface area (Å²) in [5, 5.41) is 17.1. The van der Waals surface area contributed by atoms with Crippen LogP contribution < -0.4 is 40.0 Å². The number of aryl methyl sites for hydroxylation is 1. The summed E-state index contributed by atoms with van der Waals surface area (Å²) < 4.78 is 4.10. The molecule has 2 fully saturated rings. The summed E-state index contributed by atoms with van der Waals surface area (Å²) in [5.74, 6) is -1.54. The van der Waals surface area contributed by atoms with E-state index in [0.717, 1.165) is 0 Å². The first-order chi connectivity index (χ1) is 10.7. The SMILES string of the molecule is Cc1nc(CC(=O)N[C@@H]2C(=O)N3[C@@H]2SC(C)(C)[C@@H]3C(=O)[O-])no1.[Na+]. The molecule has 11 heteroatoms. The van der Waals surface area contributed by atoms with E-state index in [1.54, 1.807) is 20.8 Å². The molecular formula is C13H15N4NaO5S. The molecule has 0 saturated carbocycles. The van der Waals surface area contributed by atoms with Gasteiger partial charge in [0.25, 0.3) is 0 Å². The van der Waals surface area contributed by atoms with Gasteiger partial charge in [0.2, 0.25) is 17.7 Å². The number of rotatable bonds is 4. The van der Waals surface area contributed by atoms with E-state index in [0.29, 0.717) is 5.89 Å². The first-order valence-electron chi connectivity index (χ1n) is 7.00. The summed E-state index contributed by atoms with van der Waals surface area (Å²) in [7, 11) is 0. The zero-order chi connectivity index (χ0) is 16.9. The molecule has 3 rings (SSSR count). The van der Waals surface area contributed by atoms with Crippen molar-refractivity contribution in [1.29, 1.82) is 0 Å². The van der Waals surface area contributed by atoms with Crippen LogP contribution in [0.5, 0.6) is 0 Å². The molecule has 0 unspecified atom stereocenters. The Morgan fingerprint density at radius 1 is 1.46 bits per heavy atom. The van der Waals surface area contributed by atoms with Crippen molar-refractivity contribution in [3.63, 3.8) is 0 Å². The number of carbonyl (C=O) groups is 3. The summed E-state index contributed by atoms with van der Waals surface area (Å²) in [6.07, 6.45) is -0.105. The summed E-state index contributed by atoms with van der Waals surface area (Å²) in [6.45, 7) is 5.09. The molecular weight excluding hydrogens is 347 g/mol. The fourth-order valence-corrected chi connectivity index (χ4v) is 4.53. The van der Waals surface area contributed by atoms with Crippen LogP contribution in [-0.4, -0.2) is 55.0 Å². The van der Waals surface area contributed by atoms with E-state index in [4.69, 9.17) is 4.52 Å². The molecule has 0 spiro atoms. The molecule has 0 bridgehead atoms. The molecule has 0 aliphatic carbocycles. The zero-order valence-electron chi connectivity index (χ0n) is 13.7. The maximum Gasteiger partial charge on any atom is 1.00 e. The number of β-lactam (4-membered cyclic amide) rings is 1. The van der Waals surface area contributed by atoms with E-state index in [1.165, 1.54) is 16.7 Å². The summed E-state index contributed by atoms with van der Waals surface area (Å²) in [5.41, 5.74) is 0. The van der Waals surface area contributed by atoms with Gasteiger partial charge in [-0.3, -0.25) is 9.59 Å². The van der Waals surface area contributed by atoms with Gasteiger partial charge in [-0.1, -0.05) is 5.16 Å². The number of nitrogens with zero attached hydrogens (tertiary/aromatic N) is 3.